The fourth-order valence-corrected chi connectivity index (χ4v) is 1.47. The van der Waals surface area contributed by atoms with Crippen molar-refractivity contribution in [2.24, 2.45) is 0 Å². The zero-order chi connectivity index (χ0) is 10.5. The van der Waals surface area contributed by atoms with Crippen LogP contribution in [0.2, 0.25) is 0 Å². The topological polar surface area (TPSA) is 9.23 Å². The first-order chi connectivity index (χ1) is 6.91. The van der Waals surface area contributed by atoms with Gasteiger partial charge in [-0.1, -0.05) is 57.6 Å². The van der Waals surface area contributed by atoms with Crippen LogP contribution in [0.15, 0.2) is 12.2 Å². The Labute approximate surface area is 89.5 Å². The summed E-state index contributed by atoms with van der Waals surface area (Å²) in [5.74, 6) is 0. The van der Waals surface area contributed by atoms with E-state index in [0.29, 0.717) is 6.61 Å². The van der Waals surface area contributed by atoms with Gasteiger partial charge in [-0.15, -0.1) is 0 Å². The van der Waals surface area contributed by atoms with Crippen molar-refractivity contribution in [1.29, 1.82) is 0 Å². The molecule has 0 rings (SSSR count). The van der Waals surface area contributed by atoms with E-state index in [1.165, 1.54) is 51.4 Å². The van der Waals surface area contributed by atoms with Crippen LogP contribution in [0.25, 0.3) is 0 Å². The molecule has 1 nitrogen and oxygen atoms in total. The lowest BCUT2D eigenvalue weighted by atomic mass is 10.1. The second-order valence-corrected chi connectivity index (χ2v) is 3.75. The molecule has 1 heteroatoms. The summed E-state index contributed by atoms with van der Waals surface area (Å²) >= 11 is 0. The number of allylic oxidation sites excluding steroid dienone is 1. The largest absolute Gasteiger partial charge is 0.375 e. The summed E-state index contributed by atoms with van der Waals surface area (Å²) in [5, 5.41) is 0. The first-order valence-corrected chi connectivity index (χ1v) is 5.93. The number of hydrogen-bond donors (Lipinski definition) is 0. The molecule has 14 heavy (non-hydrogen) atoms. The van der Waals surface area contributed by atoms with Gasteiger partial charge in [0.05, 0.1) is 13.7 Å². The summed E-state index contributed by atoms with van der Waals surface area (Å²) in [6.45, 7) is 2.91. The Morgan fingerprint density at radius 3 is 2.21 bits per heavy atom. The van der Waals surface area contributed by atoms with E-state index in [-0.39, 0.29) is 0 Å². The minimum Gasteiger partial charge on any atom is -0.375 e. The van der Waals surface area contributed by atoms with Gasteiger partial charge in [-0.05, 0) is 12.8 Å². The van der Waals surface area contributed by atoms with E-state index in [9.17, 15) is 0 Å². The third kappa shape index (κ3) is 11.7. The zero-order valence-corrected chi connectivity index (χ0v) is 9.63. The molecule has 0 bridgehead atoms. The van der Waals surface area contributed by atoms with E-state index >= 15 is 0 Å². The average Bonchev–Trinajstić information content (AvgIpc) is 2.21. The van der Waals surface area contributed by atoms with Crippen molar-refractivity contribution in [2.45, 2.75) is 58.3 Å². The first kappa shape index (κ1) is 13.7. The predicted octanol–water partition coefficient (Wildman–Crippen LogP) is 4.49. The molecule has 0 N–H and O–H groups in total. The van der Waals surface area contributed by atoms with Crippen LogP contribution in [0.3, 0.4) is 0 Å². The Balaban J connectivity index is 2.91. The lowest BCUT2D eigenvalue weighted by Gasteiger charge is -1.98. The molecule has 1 radical (unpaired) electrons. The number of ether oxygens (including phenoxy) is 1. The van der Waals surface area contributed by atoms with Crippen LogP contribution in [0, 0.1) is 7.11 Å². The molecular weight excluding hydrogens is 172 g/mol. The monoisotopic (exact) mass is 197 g/mol. The van der Waals surface area contributed by atoms with Crippen LogP contribution >= 0.6 is 0 Å². The molecule has 0 fully saturated rings. The maximum absolute atomic E-state index is 4.68. The Morgan fingerprint density at radius 2 is 1.57 bits per heavy atom. The van der Waals surface area contributed by atoms with Crippen molar-refractivity contribution in [2.75, 3.05) is 6.61 Å². The summed E-state index contributed by atoms with van der Waals surface area (Å²) in [4.78, 5) is 0. The molecule has 0 spiro atoms. The van der Waals surface area contributed by atoms with Gasteiger partial charge in [-0.2, -0.15) is 0 Å². The minimum absolute atomic E-state index is 0.649. The Morgan fingerprint density at radius 1 is 0.929 bits per heavy atom. The molecule has 0 aliphatic carbocycles. The smallest absolute Gasteiger partial charge is 0.0704 e. The van der Waals surface area contributed by atoms with E-state index in [1.54, 1.807) is 0 Å². The molecule has 0 aliphatic rings. The van der Waals surface area contributed by atoms with Crippen molar-refractivity contribution >= 4 is 0 Å². The number of rotatable bonds is 10. The first-order valence-electron chi connectivity index (χ1n) is 5.93. The van der Waals surface area contributed by atoms with Crippen LogP contribution in [0.4, 0.5) is 0 Å². The zero-order valence-electron chi connectivity index (χ0n) is 9.63. The van der Waals surface area contributed by atoms with Crippen LogP contribution in [0.1, 0.15) is 58.3 Å². The molecule has 0 amide bonds. The summed E-state index contributed by atoms with van der Waals surface area (Å²) < 4.78 is 4.68. The molecule has 0 aromatic heterocycles. The molecule has 0 aromatic carbocycles. The van der Waals surface area contributed by atoms with Crippen molar-refractivity contribution < 1.29 is 4.74 Å². The molecule has 0 saturated carbocycles. The van der Waals surface area contributed by atoms with Gasteiger partial charge in [0, 0.05) is 0 Å². The van der Waals surface area contributed by atoms with Gasteiger partial charge in [0.1, 0.15) is 0 Å². The Bertz CT molecular complexity index is 118. The molecule has 0 aromatic rings. The molecule has 0 heterocycles. The van der Waals surface area contributed by atoms with E-state index in [4.69, 9.17) is 0 Å². The molecule has 0 atom stereocenters. The van der Waals surface area contributed by atoms with Crippen molar-refractivity contribution in [1.82, 2.24) is 0 Å². The number of hydrogen-bond acceptors (Lipinski definition) is 1. The van der Waals surface area contributed by atoms with E-state index in [1.807, 2.05) is 6.08 Å². The third-order valence-corrected chi connectivity index (χ3v) is 2.36. The maximum Gasteiger partial charge on any atom is 0.0704 e. The second-order valence-electron chi connectivity index (χ2n) is 3.75. The standard InChI is InChI=1S/C13H25O/c1-3-4-5-6-7-8-9-10-11-12-13-14-2/h11-12H,2-10,13H2,1H3. The molecule has 0 unspecified atom stereocenters. The van der Waals surface area contributed by atoms with Crippen molar-refractivity contribution in [3.8, 4) is 0 Å². The Kier molecular flexibility index (Phi) is 12.4. The average molecular weight is 197 g/mol. The SMILES string of the molecule is [CH2]OCC=CCCCCCCCCC. The predicted molar refractivity (Wildman–Crippen MR) is 63.1 cm³/mol. The van der Waals surface area contributed by atoms with E-state index in [2.05, 4.69) is 24.8 Å². The van der Waals surface area contributed by atoms with Gasteiger partial charge in [0.15, 0.2) is 0 Å². The van der Waals surface area contributed by atoms with Gasteiger partial charge in [0.25, 0.3) is 0 Å². The van der Waals surface area contributed by atoms with Crippen LogP contribution in [-0.4, -0.2) is 6.61 Å². The van der Waals surface area contributed by atoms with Gasteiger partial charge in [-0.25, -0.2) is 0 Å². The lowest BCUT2D eigenvalue weighted by Crippen LogP contribution is -1.80. The highest BCUT2D eigenvalue weighted by atomic mass is 16.5. The third-order valence-electron chi connectivity index (χ3n) is 2.36. The van der Waals surface area contributed by atoms with Crippen molar-refractivity contribution in [3.05, 3.63) is 19.3 Å². The normalized spacial score (nSPS) is 11.3. The second kappa shape index (κ2) is 12.7. The fraction of sp³-hybridized carbons (Fsp3) is 0.769. The van der Waals surface area contributed by atoms with E-state index < -0.39 is 0 Å². The summed E-state index contributed by atoms with van der Waals surface area (Å²) in [6.07, 6.45) is 15.1. The molecule has 0 saturated heterocycles. The summed E-state index contributed by atoms with van der Waals surface area (Å²) in [5.41, 5.74) is 0. The van der Waals surface area contributed by atoms with Crippen LogP contribution < -0.4 is 0 Å². The summed E-state index contributed by atoms with van der Waals surface area (Å²) in [7, 11) is 3.31. The maximum atomic E-state index is 4.68. The molecular formula is C13H25O. The van der Waals surface area contributed by atoms with Crippen molar-refractivity contribution in [3.63, 3.8) is 0 Å². The van der Waals surface area contributed by atoms with Gasteiger partial charge in [-0.3, -0.25) is 0 Å². The minimum atomic E-state index is 0.649. The van der Waals surface area contributed by atoms with Crippen LogP contribution in [0.5, 0.6) is 0 Å². The molecule has 83 valence electrons. The van der Waals surface area contributed by atoms with Gasteiger partial charge in [0.2, 0.25) is 0 Å². The Hall–Kier alpha value is -0.300. The van der Waals surface area contributed by atoms with E-state index in [0.717, 1.165) is 0 Å². The van der Waals surface area contributed by atoms with Crippen LogP contribution in [-0.2, 0) is 4.74 Å². The highest BCUT2D eigenvalue weighted by Gasteiger charge is 1.88. The van der Waals surface area contributed by atoms with Gasteiger partial charge >= 0.3 is 0 Å². The van der Waals surface area contributed by atoms with Gasteiger partial charge < -0.3 is 4.74 Å². The highest BCUT2D eigenvalue weighted by Crippen LogP contribution is 2.08. The quantitative estimate of drug-likeness (QED) is 0.370. The molecule has 0 aliphatic heterocycles. The highest BCUT2D eigenvalue weighted by molar-refractivity contribution is 4.81. The lowest BCUT2D eigenvalue weighted by molar-refractivity contribution is 0.281. The fourth-order valence-electron chi connectivity index (χ4n) is 1.47. The number of unbranched alkanes of at least 4 members (excludes halogenated alkanes) is 7. The summed E-state index contributed by atoms with van der Waals surface area (Å²) in [6, 6.07) is 0.